The number of anilines is 1. The van der Waals surface area contributed by atoms with E-state index in [9.17, 15) is 4.79 Å². The summed E-state index contributed by atoms with van der Waals surface area (Å²) in [7, 11) is 0. The quantitative estimate of drug-likeness (QED) is 0.896. The van der Waals surface area contributed by atoms with Gasteiger partial charge in [-0.25, -0.2) is 0 Å². The Labute approximate surface area is 110 Å². The number of aryl methyl sites for hydroxylation is 1. The van der Waals surface area contributed by atoms with Gasteiger partial charge in [0.05, 0.1) is 5.92 Å². The summed E-state index contributed by atoms with van der Waals surface area (Å²) in [6, 6.07) is 9.47. The first-order valence-electron chi connectivity index (χ1n) is 6.17. The van der Waals surface area contributed by atoms with Gasteiger partial charge in [-0.2, -0.15) is 0 Å². The van der Waals surface area contributed by atoms with Gasteiger partial charge >= 0.3 is 0 Å². The lowest BCUT2D eigenvalue weighted by atomic mass is 9.96. The summed E-state index contributed by atoms with van der Waals surface area (Å²) in [5.41, 5.74) is 1.06. The Hall–Kier alpha value is -2.30. The second kappa shape index (κ2) is 4.76. The molecule has 0 spiro atoms. The zero-order chi connectivity index (χ0) is 13.2. The van der Waals surface area contributed by atoms with Crippen molar-refractivity contribution >= 4 is 11.7 Å². The third-order valence-electron chi connectivity index (χ3n) is 3.13. The number of carbonyl (C=O) groups is 1. The molecule has 1 aromatic carbocycles. The number of nitrogens with one attached hydrogen (secondary N) is 1. The van der Waals surface area contributed by atoms with Gasteiger partial charge in [0.15, 0.2) is 5.82 Å². The zero-order valence-corrected chi connectivity index (χ0v) is 10.6. The fourth-order valence-corrected chi connectivity index (χ4v) is 2.15. The fourth-order valence-electron chi connectivity index (χ4n) is 2.15. The van der Waals surface area contributed by atoms with Crippen molar-refractivity contribution in [2.75, 3.05) is 11.9 Å². The van der Waals surface area contributed by atoms with E-state index < -0.39 is 0 Å². The van der Waals surface area contributed by atoms with Gasteiger partial charge in [-0.15, -0.1) is 0 Å². The number of aromatic nitrogens is 1. The molecule has 0 bridgehead atoms. The molecule has 98 valence electrons. The zero-order valence-electron chi connectivity index (χ0n) is 10.6. The van der Waals surface area contributed by atoms with Crippen LogP contribution >= 0.6 is 0 Å². The Morgan fingerprint density at radius 2 is 2.26 bits per heavy atom. The summed E-state index contributed by atoms with van der Waals surface area (Å²) in [4.78, 5) is 12.1. The minimum atomic E-state index is -0.202. The van der Waals surface area contributed by atoms with E-state index in [-0.39, 0.29) is 11.8 Å². The number of para-hydroxylation sites is 1. The summed E-state index contributed by atoms with van der Waals surface area (Å²) in [5.74, 6) is 1.68. The molecule has 1 aromatic heterocycles. The standard InChI is InChI=1S/C14H14N2O3/c1-9-6-13(16-19-9)15-14(17)11-7-10-4-2-3-5-12(10)18-8-11/h2-6,11H,7-8H2,1H3,(H,15,16,17)/t11-/m0/s1. The van der Waals surface area contributed by atoms with Crippen molar-refractivity contribution in [3.8, 4) is 5.75 Å². The molecule has 0 fully saturated rings. The topological polar surface area (TPSA) is 64.4 Å². The van der Waals surface area contributed by atoms with Crippen LogP contribution in [0.2, 0.25) is 0 Å². The predicted octanol–water partition coefficient (Wildman–Crippen LogP) is 2.17. The first kappa shape index (κ1) is 11.8. The second-order valence-corrected chi connectivity index (χ2v) is 4.63. The largest absolute Gasteiger partial charge is 0.492 e. The van der Waals surface area contributed by atoms with E-state index in [2.05, 4.69) is 10.5 Å². The number of hydrogen-bond acceptors (Lipinski definition) is 4. The molecule has 5 heteroatoms. The number of hydrogen-bond donors (Lipinski definition) is 1. The van der Waals surface area contributed by atoms with E-state index in [1.54, 1.807) is 13.0 Å². The SMILES string of the molecule is Cc1cc(NC(=O)[C@@H]2COc3ccccc3C2)no1. The first-order valence-corrected chi connectivity index (χ1v) is 6.17. The van der Waals surface area contributed by atoms with E-state index >= 15 is 0 Å². The molecule has 2 aromatic rings. The van der Waals surface area contributed by atoms with Crippen LogP contribution < -0.4 is 10.1 Å². The Bertz CT molecular complexity index is 606. The monoisotopic (exact) mass is 258 g/mol. The highest BCUT2D eigenvalue weighted by Gasteiger charge is 2.26. The third kappa shape index (κ3) is 2.45. The molecule has 0 radical (unpaired) electrons. The van der Waals surface area contributed by atoms with E-state index in [4.69, 9.17) is 9.26 Å². The van der Waals surface area contributed by atoms with Crippen LogP contribution in [0.5, 0.6) is 5.75 Å². The van der Waals surface area contributed by atoms with Crippen molar-refractivity contribution in [3.63, 3.8) is 0 Å². The van der Waals surface area contributed by atoms with Crippen molar-refractivity contribution < 1.29 is 14.1 Å². The maximum Gasteiger partial charge on any atom is 0.232 e. The highest BCUT2D eigenvalue weighted by atomic mass is 16.5. The lowest BCUT2D eigenvalue weighted by molar-refractivity contribution is -0.121. The molecular weight excluding hydrogens is 244 g/mol. The average molecular weight is 258 g/mol. The van der Waals surface area contributed by atoms with Crippen molar-refractivity contribution in [2.24, 2.45) is 5.92 Å². The highest BCUT2D eigenvalue weighted by molar-refractivity contribution is 5.92. The molecule has 0 saturated carbocycles. The molecule has 5 nitrogen and oxygen atoms in total. The molecule has 19 heavy (non-hydrogen) atoms. The van der Waals surface area contributed by atoms with Gasteiger partial charge in [0.25, 0.3) is 0 Å². The Kier molecular flexibility index (Phi) is 2.95. The molecule has 1 atom stereocenters. The maximum atomic E-state index is 12.1. The normalized spacial score (nSPS) is 17.4. The van der Waals surface area contributed by atoms with Crippen molar-refractivity contribution in [3.05, 3.63) is 41.7 Å². The minimum Gasteiger partial charge on any atom is -0.492 e. The molecule has 0 aliphatic carbocycles. The van der Waals surface area contributed by atoms with E-state index in [0.29, 0.717) is 24.6 Å². The minimum absolute atomic E-state index is 0.0946. The van der Waals surface area contributed by atoms with Crippen molar-refractivity contribution in [1.82, 2.24) is 5.16 Å². The molecule has 0 unspecified atom stereocenters. The summed E-state index contributed by atoms with van der Waals surface area (Å²) in [6.07, 6.45) is 0.679. The number of ether oxygens (including phenoxy) is 1. The van der Waals surface area contributed by atoms with Gasteiger partial charge in [0.2, 0.25) is 5.91 Å². The van der Waals surface area contributed by atoms with Crippen LogP contribution in [-0.4, -0.2) is 17.7 Å². The molecule has 1 N–H and O–H groups in total. The van der Waals surface area contributed by atoms with Crippen molar-refractivity contribution in [2.45, 2.75) is 13.3 Å². The van der Waals surface area contributed by atoms with E-state index in [0.717, 1.165) is 11.3 Å². The van der Waals surface area contributed by atoms with Crippen LogP contribution in [-0.2, 0) is 11.2 Å². The van der Waals surface area contributed by atoms with Crippen LogP contribution in [0.4, 0.5) is 5.82 Å². The van der Waals surface area contributed by atoms with Gasteiger partial charge < -0.3 is 14.6 Å². The smallest absolute Gasteiger partial charge is 0.232 e. The Balaban J connectivity index is 1.69. The summed E-state index contributed by atoms with van der Waals surface area (Å²) in [5, 5.41) is 6.49. The number of nitrogens with zero attached hydrogens (tertiary/aromatic N) is 1. The lowest BCUT2D eigenvalue weighted by Crippen LogP contribution is -2.32. The Morgan fingerprint density at radius 3 is 3.05 bits per heavy atom. The number of fused-ring (bicyclic) bond motifs is 1. The summed E-state index contributed by atoms with van der Waals surface area (Å²) >= 11 is 0. The first-order chi connectivity index (χ1) is 9.22. The number of rotatable bonds is 2. The highest BCUT2D eigenvalue weighted by Crippen LogP contribution is 2.27. The maximum absolute atomic E-state index is 12.1. The molecule has 1 amide bonds. The predicted molar refractivity (Wildman–Crippen MR) is 69.0 cm³/mol. The fraction of sp³-hybridized carbons (Fsp3) is 0.286. The number of amides is 1. The van der Waals surface area contributed by atoms with E-state index in [1.165, 1.54) is 0 Å². The summed E-state index contributed by atoms with van der Waals surface area (Å²) in [6.45, 7) is 2.17. The van der Waals surface area contributed by atoms with Crippen LogP contribution in [0.25, 0.3) is 0 Å². The summed E-state index contributed by atoms with van der Waals surface area (Å²) < 4.78 is 10.5. The van der Waals surface area contributed by atoms with Gasteiger partial charge in [-0.05, 0) is 25.0 Å². The average Bonchev–Trinajstić information content (AvgIpc) is 2.83. The molecule has 1 aliphatic rings. The third-order valence-corrected chi connectivity index (χ3v) is 3.13. The number of carbonyl (C=O) groups excluding carboxylic acids is 1. The van der Waals surface area contributed by atoms with E-state index in [1.807, 2.05) is 24.3 Å². The van der Waals surface area contributed by atoms with Gasteiger partial charge in [0.1, 0.15) is 18.1 Å². The second-order valence-electron chi connectivity index (χ2n) is 4.63. The van der Waals surface area contributed by atoms with Crippen LogP contribution in [0, 0.1) is 12.8 Å². The lowest BCUT2D eigenvalue weighted by Gasteiger charge is -2.24. The molecule has 1 aliphatic heterocycles. The number of benzene rings is 1. The van der Waals surface area contributed by atoms with Crippen LogP contribution in [0.15, 0.2) is 34.9 Å². The molecule has 0 saturated heterocycles. The molecular formula is C14H14N2O3. The van der Waals surface area contributed by atoms with Gasteiger partial charge in [-0.1, -0.05) is 23.4 Å². The van der Waals surface area contributed by atoms with Crippen LogP contribution in [0.1, 0.15) is 11.3 Å². The molecule has 2 heterocycles. The Morgan fingerprint density at radius 1 is 1.42 bits per heavy atom. The van der Waals surface area contributed by atoms with Gasteiger partial charge in [0, 0.05) is 6.07 Å². The molecule has 3 rings (SSSR count). The van der Waals surface area contributed by atoms with Gasteiger partial charge in [-0.3, -0.25) is 4.79 Å². The van der Waals surface area contributed by atoms with Crippen molar-refractivity contribution in [1.29, 1.82) is 0 Å². The van der Waals surface area contributed by atoms with Crippen LogP contribution in [0.3, 0.4) is 0 Å².